The summed E-state index contributed by atoms with van der Waals surface area (Å²) in [5.74, 6) is 0.101. The van der Waals surface area contributed by atoms with Gasteiger partial charge in [-0.25, -0.2) is 0 Å². The lowest BCUT2D eigenvalue weighted by atomic mass is 10.9. The molecule has 11 heavy (non-hydrogen) atoms. The lowest BCUT2D eigenvalue weighted by Gasteiger charge is -2.24. The summed E-state index contributed by atoms with van der Waals surface area (Å²) >= 11 is 7.40. The fraction of sp³-hybridized carbons (Fsp3) is 0.600. The summed E-state index contributed by atoms with van der Waals surface area (Å²) < 4.78 is 2.16. The van der Waals surface area contributed by atoms with Gasteiger partial charge in [-0.3, -0.25) is 14.3 Å². The molecule has 0 saturated heterocycles. The molecule has 0 aliphatic rings. The summed E-state index contributed by atoms with van der Waals surface area (Å²) in [6, 6.07) is 0. The number of carbonyl (C=O) groups is 2. The maximum absolute atomic E-state index is 11.1. The van der Waals surface area contributed by atoms with Crippen LogP contribution in [0.1, 0.15) is 0 Å². The van der Waals surface area contributed by atoms with Crippen molar-refractivity contribution in [3.8, 4) is 0 Å². The smallest absolute Gasteiger partial charge is 0.277 e. The zero-order chi connectivity index (χ0) is 9.07. The molecule has 1 N–H and O–H groups in total. The summed E-state index contributed by atoms with van der Waals surface area (Å²) in [7, 11) is -1.88. The van der Waals surface area contributed by atoms with Gasteiger partial charge in [0.2, 0.25) is 0 Å². The van der Waals surface area contributed by atoms with Gasteiger partial charge in [-0.2, -0.15) is 12.6 Å². The summed E-state index contributed by atoms with van der Waals surface area (Å²) in [6.07, 6.45) is 3.24. The Hall–Kier alpha value is 0.190. The minimum Gasteiger partial charge on any atom is -0.294 e. The van der Waals surface area contributed by atoms with Gasteiger partial charge in [0.25, 0.3) is 5.24 Å². The highest BCUT2D eigenvalue weighted by Crippen LogP contribution is 2.41. The molecule has 0 saturated carbocycles. The minimum atomic E-state index is -1.88. The second kappa shape index (κ2) is 4.27. The molecule has 0 aliphatic heterocycles. The highest BCUT2D eigenvalue weighted by atomic mass is 32.3. The average molecular weight is 213 g/mol. The van der Waals surface area contributed by atoms with Crippen LogP contribution in [0.25, 0.3) is 0 Å². The van der Waals surface area contributed by atoms with E-state index in [4.69, 9.17) is 0 Å². The van der Waals surface area contributed by atoms with Crippen molar-refractivity contribution in [1.82, 2.24) is 4.72 Å². The van der Waals surface area contributed by atoms with Gasteiger partial charge in [-0.05, 0) is 12.5 Å². The maximum atomic E-state index is 11.1. The van der Waals surface area contributed by atoms with Crippen molar-refractivity contribution >= 4 is 45.8 Å². The summed E-state index contributed by atoms with van der Waals surface area (Å²) in [6.45, 7) is 0. The molecule has 0 aliphatic carbocycles. The van der Waals surface area contributed by atoms with E-state index in [1.54, 1.807) is 12.5 Å². The molecular weight excluding hydrogens is 202 g/mol. The second-order valence-corrected chi connectivity index (χ2v) is 6.28. The van der Waals surface area contributed by atoms with Crippen LogP contribution in [0.2, 0.25) is 0 Å². The zero-order valence-electron chi connectivity index (χ0n) is 6.33. The Morgan fingerprint density at radius 3 is 2.18 bits per heavy atom. The molecule has 3 nitrogen and oxygen atoms in total. The fourth-order valence-electron chi connectivity index (χ4n) is 0.379. The van der Waals surface area contributed by atoms with Gasteiger partial charge < -0.3 is 0 Å². The third-order valence-electron chi connectivity index (χ3n) is 1.25. The van der Waals surface area contributed by atoms with Crippen LogP contribution in [0.3, 0.4) is 0 Å². The Morgan fingerprint density at radius 2 is 1.91 bits per heavy atom. The molecule has 0 atom stereocenters. The van der Waals surface area contributed by atoms with Gasteiger partial charge in [-0.1, -0.05) is 12.8 Å². The molecule has 0 fully saturated rings. The molecule has 0 rings (SSSR count). The lowest BCUT2D eigenvalue weighted by Crippen LogP contribution is -2.25. The number of hydrogen-bond acceptors (Lipinski definition) is 4. The fourth-order valence-corrected chi connectivity index (χ4v) is 2.79. The molecule has 6 heteroatoms. The molecule has 0 bridgehead atoms. The van der Waals surface area contributed by atoms with Gasteiger partial charge >= 0.3 is 0 Å². The quantitative estimate of drug-likeness (QED) is 0.570. The van der Waals surface area contributed by atoms with E-state index >= 15 is 0 Å². The zero-order valence-corrected chi connectivity index (χ0v) is 8.93. The van der Waals surface area contributed by atoms with Crippen LogP contribution in [0.15, 0.2) is 0 Å². The van der Waals surface area contributed by atoms with Gasteiger partial charge in [0, 0.05) is 0 Å². The number of thiol groups is 2. The van der Waals surface area contributed by atoms with Crippen LogP contribution in [-0.4, -0.2) is 28.6 Å². The first-order chi connectivity index (χ1) is 4.96. The van der Waals surface area contributed by atoms with E-state index in [0.717, 1.165) is 0 Å². The highest BCUT2D eigenvalue weighted by molar-refractivity contribution is 8.55. The third kappa shape index (κ3) is 2.61. The normalized spacial score (nSPS) is 12.4. The van der Waals surface area contributed by atoms with Crippen LogP contribution in [-0.2, 0) is 4.79 Å². The second-order valence-electron chi connectivity index (χ2n) is 2.26. The minimum absolute atomic E-state index is 0.101. The molecule has 1 amide bonds. The number of carbonyl (C=O) groups excluding carboxylic acids is 2. The van der Waals surface area contributed by atoms with E-state index in [1.165, 1.54) is 0 Å². The van der Waals surface area contributed by atoms with E-state index in [0.29, 0.717) is 0 Å². The van der Waals surface area contributed by atoms with Gasteiger partial charge in [0.15, 0.2) is 5.12 Å². The maximum Gasteiger partial charge on any atom is 0.277 e. The van der Waals surface area contributed by atoms with E-state index in [-0.39, 0.29) is 16.1 Å². The largest absolute Gasteiger partial charge is 0.294 e. The summed E-state index contributed by atoms with van der Waals surface area (Å²) in [4.78, 5) is 22.1. The standard InChI is InChI=1S/C5H11NO2S3/c1-11(2,4(7)3-9)5(8)6-10/h9-10H,3H2,1-2H3,(H,6,8). The summed E-state index contributed by atoms with van der Waals surface area (Å²) in [5.41, 5.74) is 0. The molecule has 66 valence electrons. The van der Waals surface area contributed by atoms with Crippen molar-refractivity contribution < 1.29 is 9.59 Å². The predicted octanol–water partition coefficient (Wildman–Crippen LogP) is 1.06. The molecular formula is C5H11NO2S3. The molecule has 0 aromatic heterocycles. The van der Waals surface area contributed by atoms with E-state index in [2.05, 4.69) is 30.2 Å². The van der Waals surface area contributed by atoms with Crippen molar-refractivity contribution in [2.75, 3.05) is 18.3 Å². The first-order valence-electron chi connectivity index (χ1n) is 2.78. The molecule has 0 unspecified atom stereocenters. The Kier molecular flexibility index (Phi) is 4.35. The lowest BCUT2D eigenvalue weighted by molar-refractivity contribution is -0.109. The first-order valence-corrected chi connectivity index (χ1v) is 6.31. The Bertz CT molecular complexity index is 163. The topological polar surface area (TPSA) is 46.2 Å². The molecule has 0 aromatic carbocycles. The third-order valence-corrected chi connectivity index (χ3v) is 4.42. The van der Waals surface area contributed by atoms with Crippen LogP contribution < -0.4 is 4.72 Å². The van der Waals surface area contributed by atoms with E-state index in [9.17, 15) is 9.59 Å². The molecule has 0 radical (unpaired) electrons. The van der Waals surface area contributed by atoms with Crippen LogP contribution in [0.4, 0.5) is 4.79 Å². The molecule has 0 aromatic rings. The monoisotopic (exact) mass is 213 g/mol. The van der Waals surface area contributed by atoms with E-state index < -0.39 is 10.0 Å². The molecule has 0 heterocycles. The number of amides is 1. The number of nitrogens with one attached hydrogen (secondary N) is 1. The van der Waals surface area contributed by atoms with Crippen LogP contribution >= 0.6 is 35.5 Å². The van der Waals surface area contributed by atoms with Crippen LogP contribution in [0.5, 0.6) is 0 Å². The number of rotatable bonds is 1. The molecule has 0 spiro atoms. The first kappa shape index (κ1) is 11.2. The van der Waals surface area contributed by atoms with Crippen molar-refractivity contribution in [2.24, 2.45) is 0 Å². The average Bonchev–Trinajstić information content (AvgIpc) is 2.01. The Balaban J connectivity index is 4.44. The van der Waals surface area contributed by atoms with Crippen molar-refractivity contribution in [3.63, 3.8) is 0 Å². The Labute approximate surface area is 78.6 Å². The van der Waals surface area contributed by atoms with Gasteiger partial charge in [0.05, 0.1) is 5.75 Å². The van der Waals surface area contributed by atoms with Gasteiger partial charge in [-0.15, -0.1) is 10.0 Å². The SMILES string of the molecule is CS(C)(C(=O)CS)C(=O)NS. The Morgan fingerprint density at radius 1 is 1.45 bits per heavy atom. The van der Waals surface area contributed by atoms with Crippen molar-refractivity contribution in [2.45, 2.75) is 0 Å². The highest BCUT2D eigenvalue weighted by Gasteiger charge is 2.28. The summed E-state index contributed by atoms with van der Waals surface area (Å²) in [5, 5.41) is -0.452. The van der Waals surface area contributed by atoms with E-state index in [1.807, 2.05) is 0 Å². The number of hydrogen-bond donors (Lipinski definition) is 3. The van der Waals surface area contributed by atoms with Crippen molar-refractivity contribution in [3.05, 3.63) is 0 Å². The van der Waals surface area contributed by atoms with Gasteiger partial charge in [0.1, 0.15) is 0 Å². The van der Waals surface area contributed by atoms with Crippen molar-refractivity contribution in [1.29, 1.82) is 0 Å². The predicted molar refractivity (Wildman–Crippen MR) is 55.8 cm³/mol. The van der Waals surface area contributed by atoms with Crippen LogP contribution in [0, 0.1) is 0 Å².